The SMILES string of the molecule is CCOc1cccc(C(O)c2ccc(C)c(C)c2OC)c1. The zero-order chi connectivity index (χ0) is 15.4. The van der Waals surface area contributed by atoms with Crippen LogP contribution in [0.15, 0.2) is 36.4 Å². The molecule has 2 rings (SSSR count). The first-order valence-electron chi connectivity index (χ1n) is 7.13. The zero-order valence-electron chi connectivity index (χ0n) is 13.0. The van der Waals surface area contributed by atoms with E-state index in [0.717, 1.165) is 33.8 Å². The van der Waals surface area contributed by atoms with Crippen molar-refractivity contribution in [3.8, 4) is 11.5 Å². The molecule has 0 amide bonds. The van der Waals surface area contributed by atoms with Gasteiger partial charge in [-0.15, -0.1) is 0 Å². The molecule has 0 spiro atoms. The van der Waals surface area contributed by atoms with Gasteiger partial charge in [0.15, 0.2) is 0 Å². The Hall–Kier alpha value is -2.00. The molecule has 0 aliphatic rings. The molecule has 2 aromatic carbocycles. The zero-order valence-corrected chi connectivity index (χ0v) is 13.0. The summed E-state index contributed by atoms with van der Waals surface area (Å²) in [5.74, 6) is 1.50. The first-order valence-corrected chi connectivity index (χ1v) is 7.13. The number of benzene rings is 2. The predicted molar refractivity (Wildman–Crippen MR) is 84.1 cm³/mol. The third kappa shape index (κ3) is 3.19. The molecular formula is C18H22O3. The third-order valence-electron chi connectivity index (χ3n) is 3.69. The van der Waals surface area contributed by atoms with Crippen LogP contribution >= 0.6 is 0 Å². The second-order valence-corrected chi connectivity index (χ2v) is 5.04. The highest BCUT2D eigenvalue weighted by Gasteiger charge is 2.18. The van der Waals surface area contributed by atoms with Crippen LogP contribution in [0.1, 0.15) is 35.3 Å². The maximum Gasteiger partial charge on any atom is 0.128 e. The average Bonchev–Trinajstić information content (AvgIpc) is 2.50. The van der Waals surface area contributed by atoms with E-state index in [2.05, 4.69) is 0 Å². The van der Waals surface area contributed by atoms with Crippen LogP contribution in [0, 0.1) is 13.8 Å². The molecule has 112 valence electrons. The maximum atomic E-state index is 10.7. The average molecular weight is 286 g/mol. The van der Waals surface area contributed by atoms with Gasteiger partial charge in [-0.1, -0.05) is 24.3 Å². The van der Waals surface area contributed by atoms with Crippen molar-refractivity contribution >= 4 is 0 Å². The van der Waals surface area contributed by atoms with Crippen LogP contribution in [0.2, 0.25) is 0 Å². The molecule has 0 heterocycles. The van der Waals surface area contributed by atoms with Crippen molar-refractivity contribution in [2.45, 2.75) is 26.9 Å². The highest BCUT2D eigenvalue weighted by Crippen LogP contribution is 2.34. The highest BCUT2D eigenvalue weighted by atomic mass is 16.5. The summed E-state index contributed by atoms with van der Waals surface area (Å²) in [6.45, 7) is 6.58. The lowest BCUT2D eigenvalue weighted by molar-refractivity contribution is 0.213. The molecule has 1 atom stereocenters. The van der Waals surface area contributed by atoms with E-state index in [9.17, 15) is 5.11 Å². The van der Waals surface area contributed by atoms with Crippen molar-refractivity contribution < 1.29 is 14.6 Å². The Morgan fingerprint density at radius 3 is 2.57 bits per heavy atom. The summed E-state index contributed by atoms with van der Waals surface area (Å²) in [5, 5.41) is 10.7. The molecule has 0 aliphatic carbocycles. The number of aliphatic hydroxyl groups excluding tert-OH is 1. The largest absolute Gasteiger partial charge is 0.496 e. The fraction of sp³-hybridized carbons (Fsp3) is 0.333. The fourth-order valence-electron chi connectivity index (χ4n) is 2.42. The molecule has 21 heavy (non-hydrogen) atoms. The third-order valence-corrected chi connectivity index (χ3v) is 3.69. The number of ether oxygens (including phenoxy) is 2. The van der Waals surface area contributed by atoms with Crippen molar-refractivity contribution in [2.75, 3.05) is 13.7 Å². The number of aryl methyl sites for hydroxylation is 1. The standard InChI is InChI=1S/C18H22O3/c1-5-21-15-8-6-7-14(11-15)17(19)16-10-9-12(2)13(3)18(16)20-4/h6-11,17,19H,5H2,1-4H3. The van der Waals surface area contributed by atoms with Crippen LogP contribution < -0.4 is 9.47 Å². The topological polar surface area (TPSA) is 38.7 Å². The van der Waals surface area contributed by atoms with Crippen LogP contribution in [-0.4, -0.2) is 18.8 Å². The molecule has 0 saturated heterocycles. The molecule has 1 unspecified atom stereocenters. The minimum atomic E-state index is -0.736. The van der Waals surface area contributed by atoms with E-state index in [0.29, 0.717) is 6.61 Å². The van der Waals surface area contributed by atoms with Gasteiger partial charge >= 0.3 is 0 Å². The van der Waals surface area contributed by atoms with Gasteiger partial charge in [-0.2, -0.15) is 0 Å². The van der Waals surface area contributed by atoms with Crippen LogP contribution in [0.4, 0.5) is 0 Å². The first-order chi connectivity index (χ1) is 10.1. The van der Waals surface area contributed by atoms with E-state index in [1.54, 1.807) is 7.11 Å². The number of rotatable bonds is 5. The highest BCUT2D eigenvalue weighted by molar-refractivity contribution is 5.49. The molecule has 0 saturated carbocycles. The summed E-state index contributed by atoms with van der Waals surface area (Å²) in [5.41, 5.74) is 3.76. The van der Waals surface area contributed by atoms with Crippen LogP contribution in [0.5, 0.6) is 11.5 Å². The summed E-state index contributed by atoms with van der Waals surface area (Å²) < 4.78 is 11.0. The Bertz CT molecular complexity index is 620. The summed E-state index contributed by atoms with van der Waals surface area (Å²) in [4.78, 5) is 0. The number of hydrogen-bond acceptors (Lipinski definition) is 3. The molecule has 3 nitrogen and oxygen atoms in total. The summed E-state index contributed by atoms with van der Waals surface area (Å²) in [6, 6.07) is 11.4. The van der Waals surface area contributed by atoms with Crippen LogP contribution in [0.3, 0.4) is 0 Å². The molecular weight excluding hydrogens is 264 g/mol. The van der Waals surface area contributed by atoms with Gasteiger partial charge in [0.1, 0.15) is 17.6 Å². The minimum Gasteiger partial charge on any atom is -0.496 e. The Kier molecular flexibility index (Phi) is 4.86. The molecule has 0 radical (unpaired) electrons. The Labute approximate surface area is 126 Å². The second kappa shape index (κ2) is 6.64. The van der Waals surface area contributed by atoms with Crippen LogP contribution in [0.25, 0.3) is 0 Å². The van der Waals surface area contributed by atoms with E-state index in [1.807, 2.05) is 57.2 Å². The summed E-state index contributed by atoms with van der Waals surface area (Å²) in [7, 11) is 1.63. The minimum absolute atomic E-state index is 0.604. The summed E-state index contributed by atoms with van der Waals surface area (Å²) >= 11 is 0. The molecule has 0 aromatic heterocycles. The predicted octanol–water partition coefficient (Wildman–Crippen LogP) is 3.79. The van der Waals surface area contributed by atoms with E-state index in [1.165, 1.54) is 0 Å². The van der Waals surface area contributed by atoms with Gasteiger partial charge in [0.25, 0.3) is 0 Å². The fourth-order valence-corrected chi connectivity index (χ4v) is 2.42. The van der Waals surface area contributed by atoms with E-state index in [-0.39, 0.29) is 0 Å². The van der Waals surface area contributed by atoms with E-state index in [4.69, 9.17) is 9.47 Å². The molecule has 2 aromatic rings. The van der Waals surface area contributed by atoms with E-state index >= 15 is 0 Å². The van der Waals surface area contributed by atoms with Gasteiger partial charge in [0, 0.05) is 5.56 Å². The Morgan fingerprint density at radius 2 is 1.90 bits per heavy atom. The monoisotopic (exact) mass is 286 g/mol. The quantitative estimate of drug-likeness (QED) is 0.908. The van der Waals surface area contributed by atoms with Crippen molar-refractivity contribution in [2.24, 2.45) is 0 Å². The van der Waals surface area contributed by atoms with Gasteiger partial charge in [-0.05, 0) is 49.6 Å². The van der Waals surface area contributed by atoms with Gasteiger partial charge < -0.3 is 14.6 Å². The maximum absolute atomic E-state index is 10.7. The normalized spacial score (nSPS) is 12.0. The first kappa shape index (κ1) is 15.4. The van der Waals surface area contributed by atoms with Crippen LogP contribution in [-0.2, 0) is 0 Å². The number of methoxy groups -OCH3 is 1. The Morgan fingerprint density at radius 1 is 1.14 bits per heavy atom. The molecule has 0 fully saturated rings. The number of hydrogen-bond donors (Lipinski definition) is 1. The van der Waals surface area contributed by atoms with Crippen molar-refractivity contribution in [3.63, 3.8) is 0 Å². The lowest BCUT2D eigenvalue weighted by Crippen LogP contribution is -2.05. The molecule has 0 bridgehead atoms. The molecule has 1 N–H and O–H groups in total. The van der Waals surface area contributed by atoms with Crippen molar-refractivity contribution in [1.29, 1.82) is 0 Å². The van der Waals surface area contributed by atoms with Gasteiger partial charge in [0.2, 0.25) is 0 Å². The summed E-state index contributed by atoms with van der Waals surface area (Å²) in [6.07, 6.45) is -0.736. The second-order valence-electron chi connectivity index (χ2n) is 5.04. The molecule has 3 heteroatoms. The smallest absolute Gasteiger partial charge is 0.128 e. The van der Waals surface area contributed by atoms with Gasteiger partial charge in [0.05, 0.1) is 13.7 Å². The van der Waals surface area contributed by atoms with E-state index < -0.39 is 6.10 Å². The molecule has 0 aliphatic heterocycles. The Balaban J connectivity index is 2.42. The van der Waals surface area contributed by atoms with Crippen molar-refractivity contribution in [3.05, 3.63) is 58.7 Å². The van der Waals surface area contributed by atoms with Crippen molar-refractivity contribution in [1.82, 2.24) is 0 Å². The lowest BCUT2D eigenvalue weighted by Gasteiger charge is -2.18. The van der Waals surface area contributed by atoms with Gasteiger partial charge in [-0.25, -0.2) is 0 Å². The van der Waals surface area contributed by atoms with Gasteiger partial charge in [-0.3, -0.25) is 0 Å². The lowest BCUT2D eigenvalue weighted by atomic mass is 9.96. The number of aliphatic hydroxyl groups is 1.